The van der Waals surface area contributed by atoms with Gasteiger partial charge in [0, 0.05) is 11.4 Å². The zero-order valence-electron chi connectivity index (χ0n) is 15.6. The topological polar surface area (TPSA) is 134 Å². The van der Waals surface area contributed by atoms with Crippen molar-refractivity contribution in [2.24, 2.45) is 5.14 Å². The van der Waals surface area contributed by atoms with Gasteiger partial charge in [0.25, 0.3) is 0 Å². The zero-order chi connectivity index (χ0) is 21.7. The number of allylic oxidation sites excluding steroid dienone is 1. The van der Waals surface area contributed by atoms with Gasteiger partial charge in [-0.05, 0) is 48.4 Å². The van der Waals surface area contributed by atoms with Gasteiger partial charge in [-0.2, -0.15) is 10.2 Å². The lowest BCUT2D eigenvalue weighted by molar-refractivity contribution is 0.598. The van der Waals surface area contributed by atoms with Crippen LogP contribution in [0, 0.1) is 17.1 Å². The van der Waals surface area contributed by atoms with Gasteiger partial charge in [-0.15, -0.1) is 6.58 Å². The highest BCUT2D eigenvalue weighted by atomic mass is 32.2. The number of nitrogens with two attached hydrogens (primary N) is 1. The van der Waals surface area contributed by atoms with E-state index in [0.29, 0.717) is 23.4 Å². The second kappa shape index (κ2) is 8.69. The molecular formula is C20H17FN6O2S. The Labute approximate surface area is 173 Å². The molecule has 0 radical (unpaired) electrons. The molecule has 10 heteroatoms. The zero-order valence-corrected chi connectivity index (χ0v) is 16.4. The van der Waals surface area contributed by atoms with Crippen molar-refractivity contribution in [3.63, 3.8) is 0 Å². The third-order valence-electron chi connectivity index (χ3n) is 4.01. The van der Waals surface area contributed by atoms with Crippen LogP contribution in [0.4, 0.5) is 27.5 Å². The molecule has 2 aromatic carbocycles. The van der Waals surface area contributed by atoms with Gasteiger partial charge in [-0.3, -0.25) is 0 Å². The smallest absolute Gasteiger partial charge is 0.238 e. The first-order chi connectivity index (χ1) is 14.3. The normalized spacial score (nSPS) is 10.8. The largest absolute Gasteiger partial charge is 0.337 e. The quantitative estimate of drug-likeness (QED) is 0.495. The van der Waals surface area contributed by atoms with Crippen LogP contribution in [0.15, 0.2) is 66.2 Å². The number of benzene rings is 2. The number of nitrogens with one attached hydrogen (secondary N) is 2. The van der Waals surface area contributed by atoms with Crippen LogP contribution in [-0.2, 0) is 16.4 Å². The van der Waals surface area contributed by atoms with E-state index in [1.54, 1.807) is 30.3 Å². The molecule has 0 saturated heterocycles. The molecule has 8 nitrogen and oxygen atoms in total. The number of hydrogen-bond donors (Lipinski definition) is 3. The summed E-state index contributed by atoms with van der Waals surface area (Å²) in [5, 5.41) is 19.9. The molecule has 0 spiro atoms. The molecule has 0 bridgehead atoms. The van der Waals surface area contributed by atoms with E-state index in [9.17, 15) is 12.8 Å². The summed E-state index contributed by atoms with van der Waals surface area (Å²) in [6.45, 7) is 3.69. The van der Waals surface area contributed by atoms with Gasteiger partial charge in [-0.1, -0.05) is 12.1 Å². The van der Waals surface area contributed by atoms with Crippen LogP contribution in [0.3, 0.4) is 0 Å². The SMILES string of the molecule is C=CCc1cc(C#N)ccc1Nc1nc(Nc2cccc(S(N)(=O)=O)c2)ncc1F. The van der Waals surface area contributed by atoms with Crippen LogP contribution in [-0.4, -0.2) is 18.4 Å². The number of nitrogens with zero attached hydrogens (tertiary/aromatic N) is 3. The van der Waals surface area contributed by atoms with Crippen LogP contribution < -0.4 is 15.8 Å². The minimum atomic E-state index is -3.87. The van der Waals surface area contributed by atoms with Gasteiger partial charge >= 0.3 is 0 Å². The Kier molecular flexibility index (Phi) is 6.06. The molecular weight excluding hydrogens is 407 g/mol. The molecule has 0 saturated carbocycles. The van der Waals surface area contributed by atoms with E-state index in [0.717, 1.165) is 11.8 Å². The highest BCUT2D eigenvalue weighted by Crippen LogP contribution is 2.25. The van der Waals surface area contributed by atoms with Gasteiger partial charge in [-0.25, -0.2) is 22.9 Å². The lowest BCUT2D eigenvalue weighted by atomic mass is 10.1. The fourth-order valence-corrected chi connectivity index (χ4v) is 3.19. The Bertz CT molecular complexity index is 1250. The Morgan fingerprint density at radius 2 is 2.03 bits per heavy atom. The van der Waals surface area contributed by atoms with Crippen molar-refractivity contribution < 1.29 is 12.8 Å². The first-order valence-corrected chi connectivity index (χ1v) is 10.2. The van der Waals surface area contributed by atoms with E-state index in [-0.39, 0.29) is 16.7 Å². The first-order valence-electron chi connectivity index (χ1n) is 8.63. The average molecular weight is 424 g/mol. The molecule has 3 rings (SSSR count). The Balaban J connectivity index is 1.90. The predicted molar refractivity (Wildman–Crippen MR) is 111 cm³/mol. The standard InChI is InChI=1S/C20H17FN6O2S/c1-2-4-14-9-13(11-22)7-8-18(14)26-19-17(21)12-24-20(27-19)25-15-5-3-6-16(10-15)30(23,28)29/h2-3,5-10,12H,1,4H2,(H2,23,28,29)(H2,24,25,26,27). The number of aromatic nitrogens is 2. The van der Waals surface area contributed by atoms with E-state index in [2.05, 4.69) is 33.2 Å². The minimum absolute atomic E-state index is 0.0457. The lowest BCUT2D eigenvalue weighted by Crippen LogP contribution is -2.12. The summed E-state index contributed by atoms with van der Waals surface area (Å²) in [6, 6.07) is 12.8. The molecule has 30 heavy (non-hydrogen) atoms. The number of halogens is 1. The van der Waals surface area contributed by atoms with Crippen molar-refractivity contribution in [1.29, 1.82) is 5.26 Å². The number of sulfonamides is 1. The van der Waals surface area contributed by atoms with Gasteiger partial charge in [0.15, 0.2) is 11.6 Å². The molecule has 0 fully saturated rings. The molecule has 0 amide bonds. The van der Waals surface area contributed by atoms with E-state index in [4.69, 9.17) is 10.4 Å². The third-order valence-corrected chi connectivity index (χ3v) is 4.93. The number of primary sulfonamides is 1. The maximum absolute atomic E-state index is 14.3. The van der Waals surface area contributed by atoms with Gasteiger partial charge < -0.3 is 10.6 Å². The average Bonchev–Trinajstić information content (AvgIpc) is 2.71. The summed E-state index contributed by atoms with van der Waals surface area (Å²) in [7, 11) is -3.87. The van der Waals surface area contributed by atoms with Gasteiger partial charge in [0.1, 0.15) is 0 Å². The summed E-state index contributed by atoms with van der Waals surface area (Å²) in [5.41, 5.74) is 2.15. The molecule has 1 heterocycles. The Morgan fingerprint density at radius 1 is 1.23 bits per heavy atom. The van der Waals surface area contributed by atoms with Gasteiger partial charge in [0.2, 0.25) is 16.0 Å². The number of anilines is 4. The summed E-state index contributed by atoms with van der Waals surface area (Å²) in [6.07, 6.45) is 3.12. The number of rotatable bonds is 7. The molecule has 4 N–H and O–H groups in total. The van der Waals surface area contributed by atoms with E-state index < -0.39 is 15.8 Å². The molecule has 0 unspecified atom stereocenters. The molecule has 0 aliphatic heterocycles. The summed E-state index contributed by atoms with van der Waals surface area (Å²) in [4.78, 5) is 7.91. The monoisotopic (exact) mass is 424 g/mol. The predicted octanol–water partition coefficient (Wildman–Crippen LogP) is 3.35. The van der Waals surface area contributed by atoms with Crippen molar-refractivity contribution in [3.8, 4) is 6.07 Å². The molecule has 0 aliphatic rings. The lowest BCUT2D eigenvalue weighted by Gasteiger charge is -2.13. The summed E-state index contributed by atoms with van der Waals surface area (Å²) in [5.74, 6) is -0.734. The van der Waals surface area contributed by atoms with Crippen LogP contribution >= 0.6 is 0 Å². The Morgan fingerprint density at radius 3 is 2.73 bits per heavy atom. The van der Waals surface area contributed by atoms with E-state index >= 15 is 0 Å². The molecule has 0 atom stereocenters. The van der Waals surface area contributed by atoms with Crippen LogP contribution in [0.2, 0.25) is 0 Å². The fraction of sp³-hybridized carbons (Fsp3) is 0.0500. The summed E-state index contributed by atoms with van der Waals surface area (Å²) >= 11 is 0. The highest BCUT2D eigenvalue weighted by Gasteiger charge is 2.12. The first kappa shape index (κ1) is 20.9. The molecule has 3 aromatic rings. The number of hydrogen-bond acceptors (Lipinski definition) is 7. The van der Waals surface area contributed by atoms with E-state index in [1.807, 2.05) is 0 Å². The van der Waals surface area contributed by atoms with Crippen LogP contribution in [0.25, 0.3) is 0 Å². The number of nitriles is 1. The molecule has 152 valence electrons. The third kappa shape index (κ3) is 4.96. The fourth-order valence-electron chi connectivity index (χ4n) is 2.63. The van der Waals surface area contributed by atoms with Crippen molar-refractivity contribution >= 4 is 33.2 Å². The van der Waals surface area contributed by atoms with Crippen molar-refractivity contribution in [3.05, 3.63) is 78.3 Å². The second-order valence-electron chi connectivity index (χ2n) is 6.19. The van der Waals surface area contributed by atoms with Crippen molar-refractivity contribution in [1.82, 2.24) is 9.97 Å². The highest BCUT2D eigenvalue weighted by molar-refractivity contribution is 7.89. The van der Waals surface area contributed by atoms with Crippen LogP contribution in [0.1, 0.15) is 11.1 Å². The maximum Gasteiger partial charge on any atom is 0.238 e. The maximum atomic E-state index is 14.3. The van der Waals surface area contributed by atoms with Crippen molar-refractivity contribution in [2.45, 2.75) is 11.3 Å². The minimum Gasteiger partial charge on any atom is -0.337 e. The van der Waals surface area contributed by atoms with Crippen LogP contribution in [0.5, 0.6) is 0 Å². The van der Waals surface area contributed by atoms with E-state index in [1.165, 1.54) is 18.2 Å². The summed E-state index contributed by atoms with van der Waals surface area (Å²) < 4.78 is 37.3. The van der Waals surface area contributed by atoms with Gasteiger partial charge in [0.05, 0.1) is 22.7 Å². The Hall–Kier alpha value is -3.81. The second-order valence-corrected chi connectivity index (χ2v) is 7.75. The van der Waals surface area contributed by atoms with Crippen molar-refractivity contribution in [2.75, 3.05) is 10.6 Å². The molecule has 0 aliphatic carbocycles. The molecule has 1 aromatic heterocycles.